The number of carbonyl (C=O) groups excluding carboxylic acids is 3. The molecule has 172 valence electrons. The lowest BCUT2D eigenvalue weighted by molar-refractivity contribution is -0.151. The molecule has 9 nitrogen and oxygen atoms in total. The maximum atomic E-state index is 13.5. The molecule has 33 heavy (non-hydrogen) atoms. The van der Waals surface area contributed by atoms with Crippen molar-refractivity contribution in [1.29, 1.82) is 0 Å². The van der Waals surface area contributed by atoms with Gasteiger partial charge >= 0.3 is 11.8 Å². The van der Waals surface area contributed by atoms with Gasteiger partial charge in [0.1, 0.15) is 5.82 Å². The summed E-state index contributed by atoms with van der Waals surface area (Å²) in [4.78, 5) is 46.1. The van der Waals surface area contributed by atoms with Crippen molar-refractivity contribution in [2.24, 2.45) is 5.41 Å². The van der Waals surface area contributed by atoms with Gasteiger partial charge < -0.3 is 15.1 Å². The lowest BCUT2D eigenvalue weighted by atomic mass is 9.93. The number of nitrogens with zero attached hydrogens (tertiary/aromatic N) is 4. The second-order valence-corrected chi connectivity index (χ2v) is 9.04. The molecule has 0 bridgehead atoms. The molecule has 3 aromatic rings. The zero-order chi connectivity index (χ0) is 23.8. The van der Waals surface area contributed by atoms with E-state index in [2.05, 4.69) is 20.5 Å². The molecule has 2 N–H and O–H groups in total. The summed E-state index contributed by atoms with van der Waals surface area (Å²) in [5.41, 5.74) is 1.04. The van der Waals surface area contributed by atoms with Crippen LogP contribution in [0.5, 0.6) is 0 Å². The van der Waals surface area contributed by atoms with Crippen LogP contribution in [0, 0.1) is 11.2 Å². The number of rotatable bonds is 2. The van der Waals surface area contributed by atoms with E-state index in [0.717, 1.165) is 0 Å². The second kappa shape index (κ2) is 8.61. The highest BCUT2D eigenvalue weighted by Crippen LogP contribution is 2.29. The Bertz CT molecular complexity index is 1200. The fourth-order valence-electron chi connectivity index (χ4n) is 3.93. The van der Waals surface area contributed by atoms with Crippen molar-refractivity contribution in [3.63, 3.8) is 0 Å². The fraction of sp³-hybridized carbons (Fsp3) is 0.348. The number of pyridine rings is 1. The summed E-state index contributed by atoms with van der Waals surface area (Å²) < 4.78 is 13.5. The molecule has 1 saturated heterocycles. The van der Waals surface area contributed by atoms with Gasteiger partial charge in [0.2, 0.25) is 5.91 Å². The van der Waals surface area contributed by atoms with Crippen LogP contribution in [0.25, 0.3) is 10.9 Å². The summed E-state index contributed by atoms with van der Waals surface area (Å²) in [5, 5.41) is 9.93. The number of nitrogens with one attached hydrogen (secondary N) is 2. The monoisotopic (exact) mass is 452 g/mol. The van der Waals surface area contributed by atoms with Crippen LogP contribution in [0.4, 0.5) is 10.1 Å². The Morgan fingerprint density at radius 1 is 1.09 bits per heavy atom. The molecule has 0 aliphatic carbocycles. The predicted molar refractivity (Wildman–Crippen MR) is 119 cm³/mol. The number of hydrogen-bond donors (Lipinski definition) is 2. The topological polar surface area (TPSA) is 111 Å². The minimum absolute atomic E-state index is 0.0520. The Morgan fingerprint density at radius 2 is 1.82 bits per heavy atom. The Labute approximate surface area is 190 Å². The van der Waals surface area contributed by atoms with E-state index in [1.54, 1.807) is 23.2 Å². The van der Waals surface area contributed by atoms with Gasteiger partial charge in [-0.1, -0.05) is 32.9 Å². The summed E-state index contributed by atoms with van der Waals surface area (Å²) in [7, 11) is 0. The number of fused-ring (bicyclic) bond motifs is 1. The van der Waals surface area contributed by atoms with Gasteiger partial charge in [0, 0.05) is 30.4 Å². The number of anilines is 1. The van der Waals surface area contributed by atoms with Gasteiger partial charge in [-0.05, 0) is 17.7 Å². The summed E-state index contributed by atoms with van der Waals surface area (Å²) in [5.74, 6) is -2.03. The highest BCUT2D eigenvalue weighted by atomic mass is 19.1. The van der Waals surface area contributed by atoms with Crippen molar-refractivity contribution in [2.45, 2.75) is 26.8 Å². The number of H-pyrrole nitrogens is 1. The van der Waals surface area contributed by atoms with Gasteiger partial charge in [-0.25, -0.2) is 4.39 Å². The fourth-order valence-corrected chi connectivity index (χ4v) is 3.93. The molecular formula is C23H25FN6O3. The maximum Gasteiger partial charge on any atom is 0.313 e. The number of hydrogen-bond acceptors (Lipinski definition) is 5. The van der Waals surface area contributed by atoms with E-state index in [9.17, 15) is 18.8 Å². The van der Waals surface area contributed by atoms with Crippen molar-refractivity contribution in [2.75, 3.05) is 25.0 Å². The molecule has 1 unspecified atom stereocenters. The van der Waals surface area contributed by atoms with Crippen molar-refractivity contribution in [3.8, 4) is 0 Å². The molecule has 1 aliphatic rings. The number of piperazine rings is 1. The average Bonchev–Trinajstić information content (AvgIpc) is 3.27. The third kappa shape index (κ3) is 4.55. The normalized spacial score (nSPS) is 16.7. The molecule has 2 aromatic heterocycles. The Kier molecular flexibility index (Phi) is 5.84. The first-order valence-electron chi connectivity index (χ1n) is 10.6. The van der Waals surface area contributed by atoms with Crippen LogP contribution >= 0.6 is 0 Å². The van der Waals surface area contributed by atoms with E-state index < -0.39 is 29.1 Å². The molecule has 1 aliphatic heterocycles. The molecule has 1 aromatic carbocycles. The van der Waals surface area contributed by atoms with E-state index in [-0.39, 0.29) is 19.0 Å². The summed E-state index contributed by atoms with van der Waals surface area (Å²) in [6.07, 6.45) is 4.55. The Morgan fingerprint density at radius 3 is 2.52 bits per heavy atom. The van der Waals surface area contributed by atoms with Crippen molar-refractivity contribution in [3.05, 3.63) is 54.2 Å². The van der Waals surface area contributed by atoms with E-state index in [0.29, 0.717) is 28.7 Å². The molecule has 3 heterocycles. The summed E-state index contributed by atoms with van der Waals surface area (Å²) in [6.45, 7) is 6.17. The minimum atomic E-state index is -0.826. The molecule has 0 radical (unpaired) electrons. The first-order valence-corrected chi connectivity index (χ1v) is 10.6. The third-order valence-electron chi connectivity index (χ3n) is 5.63. The van der Waals surface area contributed by atoms with Crippen LogP contribution in [0.3, 0.4) is 0 Å². The smallest absolute Gasteiger partial charge is 0.313 e. The van der Waals surface area contributed by atoms with Crippen LogP contribution in [0.15, 0.2) is 42.9 Å². The summed E-state index contributed by atoms with van der Waals surface area (Å²) >= 11 is 0. The second-order valence-electron chi connectivity index (χ2n) is 9.04. The largest absolute Gasteiger partial charge is 0.338 e. The number of halogens is 1. The van der Waals surface area contributed by atoms with Gasteiger partial charge in [0.25, 0.3) is 0 Å². The van der Waals surface area contributed by atoms with Crippen LogP contribution in [0.1, 0.15) is 32.4 Å². The third-order valence-corrected chi connectivity index (χ3v) is 5.63. The van der Waals surface area contributed by atoms with Crippen LogP contribution < -0.4 is 5.32 Å². The highest BCUT2D eigenvalue weighted by Gasteiger charge is 2.38. The zero-order valence-corrected chi connectivity index (χ0v) is 18.6. The highest BCUT2D eigenvalue weighted by molar-refractivity contribution is 6.40. The zero-order valence-electron chi connectivity index (χ0n) is 18.6. The van der Waals surface area contributed by atoms with Crippen molar-refractivity contribution >= 4 is 34.3 Å². The van der Waals surface area contributed by atoms with Gasteiger partial charge in [-0.3, -0.25) is 24.5 Å². The molecule has 1 atom stereocenters. The van der Waals surface area contributed by atoms with Crippen LogP contribution in [0.2, 0.25) is 0 Å². The van der Waals surface area contributed by atoms with E-state index in [1.807, 2.05) is 20.8 Å². The summed E-state index contributed by atoms with van der Waals surface area (Å²) in [6, 6.07) is 5.15. The lowest BCUT2D eigenvalue weighted by Gasteiger charge is -2.43. The molecular weight excluding hydrogens is 427 g/mol. The van der Waals surface area contributed by atoms with Gasteiger partial charge in [0.05, 0.1) is 35.8 Å². The first kappa shape index (κ1) is 22.4. The minimum Gasteiger partial charge on any atom is -0.338 e. The number of carbonyl (C=O) groups is 3. The standard InChI is InChI=1S/C23H25FN6O3/c1-23(2,3)22(33)29-8-9-30(19(13-29)14-4-6-15(24)7-5-14)21(32)20(31)27-17-11-25-12-18-16(17)10-26-28-18/h4-7,10-12,19H,8-9,13H2,1-3H3,(H,26,28)(H,27,31). The number of aromatic nitrogens is 3. The quantitative estimate of drug-likeness (QED) is 0.581. The first-order chi connectivity index (χ1) is 15.6. The van der Waals surface area contributed by atoms with Gasteiger partial charge in [0.15, 0.2) is 0 Å². The predicted octanol–water partition coefficient (Wildman–Crippen LogP) is 2.49. The molecule has 0 spiro atoms. The van der Waals surface area contributed by atoms with E-state index >= 15 is 0 Å². The lowest BCUT2D eigenvalue weighted by Crippen LogP contribution is -2.56. The van der Waals surface area contributed by atoms with Gasteiger partial charge in [-0.15, -0.1) is 0 Å². The molecule has 3 amide bonds. The SMILES string of the molecule is CC(C)(C)C(=O)N1CCN(C(=O)C(=O)Nc2cncc3[nH]ncc23)C(c2ccc(F)cc2)C1. The number of aromatic amines is 1. The van der Waals surface area contributed by atoms with Crippen LogP contribution in [-0.4, -0.2) is 62.3 Å². The van der Waals surface area contributed by atoms with E-state index in [1.165, 1.54) is 29.4 Å². The Balaban J connectivity index is 1.59. The molecule has 4 rings (SSSR count). The van der Waals surface area contributed by atoms with E-state index in [4.69, 9.17) is 0 Å². The maximum absolute atomic E-state index is 13.5. The average molecular weight is 452 g/mol. The van der Waals surface area contributed by atoms with Gasteiger partial charge in [-0.2, -0.15) is 5.10 Å². The molecule has 0 saturated carbocycles. The molecule has 1 fully saturated rings. The Hall–Kier alpha value is -3.82. The number of amides is 3. The molecule has 10 heteroatoms. The van der Waals surface area contributed by atoms with Crippen LogP contribution in [-0.2, 0) is 14.4 Å². The van der Waals surface area contributed by atoms with Crippen molar-refractivity contribution < 1.29 is 18.8 Å². The number of benzene rings is 1. The van der Waals surface area contributed by atoms with Crippen molar-refractivity contribution in [1.82, 2.24) is 25.0 Å².